The third kappa shape index (κ3) is 11.8. The Hall–Kier alpha value is -6.75. The molecular weight excluding hydrogens is 823 g/mol. The molecule has 1 fully saturated rings. The summed E-state index contributed by atoms with van der Waals surface area (Å²) in [6.07, 6.45) is 2.29. The summed E-state index contributed by atoms with van der Waals surface area (Å²) in [5, 5.41) is 2.75. The summed E-state index contributed by atoms with van der Waals surface area (Å²) in [6, 6.07) is 34.8. The maximum atomic E-state index is 15.4. The van der Waals surface area contributed by atoms with E-state index in [2.05, 4.69) is 5.32 Å². The van der Waals surface area contributed by atoms with Crippen LogP contribution >= 0.6 is 0 Å². The highest BCUT2D eigenvalue weighted by Crippen LogP contribution is 2.41. The molecule has 1 N–H and O–H groups in total. The summed E-state index contributed by atoms with van der Waals surface area (Å²) >= 11 is 0. The molecule has 1 aromatic heterocycles. The number of carbonyl (C=O) groups is 3. The van der Waals surface area contributed by atoms with Crippen molar-refractivity contribution < 1.29 is 46.7 Å². The standard InChI is InChI=1S/C48H48BF2N5O8/c1-60-26-27-61-28-29-62-30-31-64-39-18-14-37(15-19-39)43-33-41(35-10-6-3-7-11-35)48(56(43)49(50)51)54-47-40(34-8-4-2-5-9-34)32-42(53-47)36-12-16-38(17-13-36)63-25-23-52-44(57)22-24-55-45(58)20-21-46(55)59/h2-19,32-33H,20-31H2,1H3,(H,52,57)/b54-47-. The molecule has 2 aliphatic rings. The van der Waals surface area contributed by atoms with Crippen molar-refractivity contribution in [2.75, 3.05) is 66.4 Å². The monoisotopic (exact) mass is 871 g/mol. The Morgan fingerprint density at radius 2 is 1.30 bits per heavy atom. The van der Waals surface area contributed by atoms with Gasteiger partial charge in [-0.1, -0.05) is 60.7 Å². The molecule has 2 aliphatic heterocycles. The number of amides is 3. The lowest BCUT2D eigenvalue weighted by atomic mass is 10.0. The smallest absolute Gasteiger partial charge is 0.492 e. The van der Waals surface area contributed by atoms with Crippen LogP contribution in [-0.4, -0.2) is 112 Å². The number of methoxy groups -OCH3 is 1. The molecule has 330 valence electrons. The third-order valence-corrected chi connectivity index (χ3v) is 10.3. The normalized spacial score (nSPS) is 14.2. The van der Waals surface area contributed by atoms with Crippen LogP contribution in [0.25, 0.3) is 28.0 Å². The zero-order valence-electron chi connectivity index (χ0n) is 35.4. The number of aromatic nitrogens is 1. The van der Waals surface area contributed by atoms with E-state index in [0.29, 0.717) is 79.1 Å². The SMILES string of the molecule is COCCOCCOCCOc1ccc(-c2cc(-c3ccccc3)c(/N=C3\N=C(c4ccc(OCCNC(=O)CCN5C(=O)CCC5=O)cc4)C=C3c3ccccc3)n2B(F)F)cc1. The maximum absolute atomic E-state index is 15.4. The van der Waals surface area contributed by atoms with Gasteiger partial charge in [0.1, 0.15) is 30.5 Å². The van der Waals surface area contributed by atoms with Gasteiger partial charge < -0.3 is 33.5 Å². The van der Waals surface area contributed by atoms with Crippen molar-refractivity contribution in [2.45, 2.75) is 19.3 Å². The van der Waals surface area contributed by atoms with Crippen molar-refractivity contribution in [3.05, 3.63) is 132 Å². The van der Waals surface area contributed by atoms with Gasteiger partial charge in [-0.15, -0.1) is 0 Å². The molecule has 0 unspecified atom stereocenters. The Balaban J connectivity index is 1.08. The van der Waals surface area contributed by atoms with Gasteiger partial charge in [-0.3, -0.25) is 27.9 Å². The highest BCUT2D eigenvalue weighted by atomic mass is 19.2. The van der Waals surface area contributed by atoms with Gasteiger partial charge in [0.2, 0.25) is 17.7 Å². The number of allylic oxidation sites excluding steroid dienone is 1. The van der Waals surface area contributed by atoms with E-state index in [4.69, 9.17) is 33.7 Å². The van der Waals surface area contributed by atoms with Crippen molar-refractivity contribution in [3.8, 4) is 33.9 Å². The maximum Gasteiger partial charge on any atom is 0.679 e. The van der Waals surface area contributed by atoms with Gasteiger partial charge in [0.05, 0.1) is 45.3 Å². The fourth-order valence-corrected chi connectivity index (χ4v) is 7.11. The Morgan fingerprint density at radius 1 is 0.719 bits per heavy atom. The first kappa shape index (κ1) is 45.3. The number of carbonyl (C=O) groups excluding carboxylic acids is 3. The molecule has 1 saturated heterocycles. The van der Waals surface area contributed by atoms with Crippen LogP contribution < -0.4 is 14.8 Å². The number of imide groups is 1. The molecule has 7 rings (SSSR count). The van der Waals surface area contributed by atoms with Crippen molar-refractivity contribution in [1.82, 2.24) is 14.7 Å². The minimum Gasteiger partial charge on any atom is -0.492 e. The topological polar surface area (TPSA) is 142 Å². The van der Waals surface area contributed by atoms with E-state index in [9.17, 15) is 14.4 Å². The molecule has 13 nitrogen and oxygen atoms in total. The summed E-state index contributed by atoms with van der Waals surface area (Å²) in [7, 11) is -1.33. The lowest BCUT2D eigenvalue weighted by molar-refractivity contribution is -0.138. The van der Waals surface area contributed by atoms with Crippen molar-refractivity contribution in [3.63, 3.8) is 0 Å². The quantitative estimate of drug-likeness (QED) is 0.0410. The second-order valence-electron chi connectivity index (χ2n) is 14.6. The van der Waals surface area contributed by atoms with E-state index in [0.717, 1.165) is 20.5 Å². The molecule has 3 heterocycles. The molecule has 0 atom stereocenters. The molecular formula is C48H48BF2N5O8. The van der Waals surface area contributed by atoms with E-state index in [1.165, 1.54) is 0 Å². The molecule has 0 saturated carbocycles. The first-order chi connectivity index (χ1) is 31.3. The van der Waals surface area contributed by atoms with Crippen LogP contribution in [0.15, 0.2) is 131 Å². The fraction of sp³-hybridized carbons (Fsp3) is 0.271. The second-order valence-corrected chi connectivity index (χ2v) is 14.6. The molecule has 0 radical (unpaired) electrons. The third-order valence-electron chi connectivity index (χ3n) is 10.3. The number of rotatable bonds is 23. The molecule has 3 amide bonds. The summed E-state index contributed by atoms with van der Waals surface area (Å²) in [6.45, 7) is 3.05. The average molecular weight is 872 g/mol. The fourth-order valence-electron chi connectivity index (χ4n) is 7.11. The van der Waals surface area contributed by atoms with E-state index in [1.807, 2.05) is 78.9 Å². The van der Waals surface area contributed by atoms with Crippen LogP contribution in [0.3, 0.4) is 0 Å². The van der Waals surface area contributed by atoms with Crippen LogP contribution in [0.4, 0.5) is 14.4 Å². The van der Waals surface area contributed by atoms with Gasteiger partial charge in [-0.25, -0.2) is 9.98 Å². The number of halogens is 2. The van der Waals surface area contributed by atoms with Gasteiger partial charge in [-0.2, -0.15) is 0 Å². The number of amidine groups is 1. The highest BCUT2D eigenvalue weighted by Gasteiger charge is 2.31. The highest BCUT2D eigenvalue weighted by molar-refractivity contribution is 6.43. The van der Waals surface area contributed by atoms with Gasteiger partial charge in [0.15, 0.2) is 5.84 Å². The number of aliphatic imine (C=N–C) groups is 2. The number of hydrogen-bond donors (Lipinski definition) is 1. The van der Waals surface area contributed by atoms with Gasteiger partial charge in [0.25, 0.3) is 0 Å². The van der Waals surface area contributed by atoms with Crippen LogP contribution in [0.1, 0.15) is 30.4 Å². The summed E-state index contributed by atoms with van der Waals surface area (Å²) < 4.78 is 59.4. The summed E-state index contributed by atoms with van der Waals surface area (Å²) in [4.78, 5) is 46.9. The Kier molecular flexibility index (Phi) is 16.0. The van der Waals surface area contributed by atoms with Crippen molar-refractivity contribution in [1.29, 1.82) is 0 Å². The molecule has 4 aromatic carbocycles. The lowest BCUT2D eigenvalue weighted by Crippen LogP contribution is -2.35. The van der Waals surface area contributed by atoms with Gasteiger partial charge in [0, 0.05) is 55.3 Å². The molecule has 0 aliphatic carbocycles. The molecule has 0 spiro atoms. The molecule has 0 bridgehead atoms. The van der Waals surface area contributed by atoms with Crippen LogP contribution in [0, 0.1) is 0 Å². The number of nitrogens with one attached hydrogen (secondary N) is 1. The van der Waals surface area contributed by atoms with E-state index in [1.54, 1.807) is 49.6 Å². The number of hydrogen-bond acceptors (Lipinski definition) is 9. The number of benzene rings is 4. The first-order valence-electron chi connectivity index (χ1n) is 21.0. The van der Waals surface area contributed by atoms with Gasteiger partial charge >= 0.3 is 7.40 Å². The lowest BCUT2D eigenvalue weighted by Gasteiger charge is -2.13. The summed E-state index contributed by atoms with van der Waals surface area (Å²) in [5.74, 6) is 0.661. The minimum atomic E-state index is -2.94. The van der Waals surface area contributed by atoms with E-state index in [-0.39, 0.29) is 74.0 Å². The Morgan fingerprint density at radius 3 is 1.92 bits per heavy atom. The van der Waals surface area contributed by atoms with Crippen molar-refractivity contribution in [2.24, 2.45) is 9.98 Å². The molecule has 64 heavy (non-hydrogen) atoms. The summed E-state index contributed by atoms with van der Waals surface area (Å²) in [5.41, 5.74) is 4.85. The van der Waals surface area contributed by atoms with E-state index >= 15 is 8.63 Å². The number of likely N-dealkylation sites (tertiary alicyclic amines) is 1. The predicted octanol–water partition coefficient (Wildman–Crippen LogP) is 7.30. The number of nitrogens with zero attached hydrogens (tertiary/aromatic N) is 4. The molecule has 16 heteroatoms. The zero-order valence-corrected chi connectivity index (χ0v) is 35.4. The zero-order chi connectivity index (χ0) is 44.7. The Labute approximate surface area is 370 Å². The van der Waals surface area contributed by atoms with E-state index < -0.39 is 7.40 Å². The minimum absolute atomic E-state index is 0.0238. The van der Waals surface area contributed by atoms with Crippen molar-refractivity contribution >= 4 is 48.1 Å². The average Bonchev–Trinajstić information content (AvgIpc) is 4.02. The van der Waals surface area contributed by atoms with Crippen LogP contribution in [-0.2, 0) is 28.6 Å². The van der Waals surface area contributed by atoms with Crippen LogP contribution in [0.5, 0.6) is 11.5 Å². The Bertz CT molecular complexity index is 2450. The van der Waals surface area contributed by atoms with Gasteiger partial charge in [-0.05, 0) is 77.4 Å². The number of ether oxygens (including phenoxy) is 5. The second kappa shape index (κ2) is 22.6. The largest absolute Gasteiger partial charge is 0.679 e. The predicted molar refractivity (Wildman–Crippen MR) is 241 cm³/mol. The molecule has 5 aromatic rings. The first-order valence-corrected chi connectivity index (χ1v) is 21.0. The van der Waals surface area contributed by atoms with Crippen LogP contribution in [0.2, 0.25) is 0 Å².